The summed E-state index contributed by atoms with van der Waals surface area (Å²) in [6.45, 7) is 3.63. The molecule has 0 radical (unpaired) electrons. The van der Waals surface area contributed by atoms with Crippen LogP contribution in [0.25, 0.3) is 0 Å². The number of anilines is 2. The SMILES string of the molecule is CCOC(=O)N1CCC(Nc2ccc(NC(=O)c3cccs3)cc2)CC1. The number of carbonyl (C=O) groups excluding carboxylic acids is 2. The lowest BCUT2D eigenvalue weighted by atomic mass is 10.0. The first kappa shape index (κ1) is 18.3. The molecule has 2 heterocycles. The zero-order valence-electron chi connectivity index (χ0n) is 14.7. The maximum absolute atomic E-state index is 12.1. The second-order valence-corrected chi connectivity index (χ2v) is 7.06. The number of rotatable bonds is 5. The molecule has 7 heteroatoms. The number of amides is 2. The topological polar surface area (TPSA) is 70.7 Å². The van der Waals surface area contributed by atoms with Gasteiger partial charge in [-0.2, -0.15) is 0 Å². The zero-order valence-corrected chi connectivity index (χ0v) is 15.6. The van der Waals surface area contributed by atoms with Crippen LogP contribution in [0.3, 0.4) is 0 Å². The Morgan fingerprint density at radius 1 is 1.15 bits per heavy atom. The molecule has 26 heavy (non-hydrogen) atoms. The van der Waals surface area contributed by atoms with Gasteiger partial charge in [0.05, 0.1) is 11.5 Å². The van der Waals surface area contributed by atoms with Gasteiger partial charge < -0.3 is 20.3 Å². The summed E-state index contributed by atoms with van der Waals surface area (Å²) < 4.78 is 5.04. The van der Waals surface area contributed by atoms with E-state index in [2.05, 4.69) is 10.6 Å². The Balaban J connectivity index is 1.48. The maximum atomic E-state index is 12.1. The normalized spacial score (nSPS) is 14.7. The minimum atomic E-state index is -0.225. The van der Waals surface area contributed by atoms with E-state index in [4.69, 9.17) is 4.74 Å². The molecule has 1 aromatic heterocycles. The molecule has 0 aliphatic carbocycles. The Morgan fingerprint density at radius 3 is 2.46 bits per heavy atom. The van der Waals surface area contributed by atoms with Gasteiger partial charge in [0.15, 0.2) is 0 Å². The lowest BCUT2D eigenvalue weighted by Crippen LogP contribution is -2.42. The summed E-state index contributed by atoms with van der Waals surface area (Å²) in [6, 6.07) is 11.7. The molecular formula is C19H23N3O3S. The molecule has 1 aliphatic rings. The second-order valence-electron chi connectivity index (χ2n) is 6.11. The first-order valence-electron chi connectivity index (χ1n) is 8.79. The Labute approximate surface area is 157 Å². The van der Waals surface area contributed by atoms with Crippen molar-refractivity contribution < 1.29 is 14.3 Å². The molecule has 0 bridgehead atoms. The van der Waals surface area contributed by atoms with Crippen LogP contribution < -0.4 is 10.6 Å². The minimum Gasteiger partial charge on any atom is -0.450 e. The van der Waals surface area contributed by atoms with Crippen molar-refractivity contribution in [2.75, 3.05) is 30.3 Å². The molecule has 1 fully saturated rings. The molecule has 2 amide bonds. The number of thiophene rings is 1. The quantitative estimate of drug-likeness (QED) is 0.830. The van der Waals surface area contributed by atoms with Crippen LogP contribution in [0.1, 0.15) is 29.4 Å². The lowest BCUT2D eigenvalue weighted by Gasteiger charge is -2.32. The first-order chi connectivity index (χ1) is 12.7. The molecule has 6 nitrogen and oxygen atoms in total. The largest absolute Gasteiger partial charge is 0.450 e. The molecule has 1 aromatic carbocycles. The van der Waals surface area contributed by atoms with Crippen LogP contribution >= 0.6 is 11.3 Å². The van der Waals surface area contributed by atoms with Gasteiger partial charge in [0.1, 0.15) is 0 Å². The lowest BCUT2D eigenvalue weighted by molar-refractivity contribution is 0.0982. The molecule has 0 spiro atoms. The summed E-state index contributed by atoms with van der Waals surface area (Å²) in [5.41, 5.74) is 1.78. The number of likely N-dealkylation sites (tertiary alicyclic amines) is 1. The van der Waals surface area contributed by atoms with Gasteiger partial charge >= 0.3 is 6.09 Å². The van der Waals surface area contributed by atoms with E-state index in [0.717, 1.165) is 24.2 Å². The van der Waals surface area contributed by atoms with Gasteiger partial charge in [-0.25, -0.2) is 4.79 Å². The van der Waals surface area contributed by atoms with Crippen molar-refractivity contribution in [3.63, 3.8) is 0 Å². The predicted molar refractivity (Wildman–Crippen MR) is 104 cm³/mol. The summed E-state index contributed by atoms with van der Waals surface area (Å²) >= 11 is 1.42. The average molecular weight is 373 g/mol. The third-order valence-corrected chi connectivity index (χ3v) is 5.15. The van der Waals surface area contributed by atoms with E-state index >= 15 is 0 Å². The molecule has 1 saturated heterocycles. The van der Waals surface area contributed by atoms with Gasteiger partial charge in [0.2, 0.25) is 0 Å². The highest BCUT2D eigenvalue weighted by atomic mass is 32.1. The van der Waals surface area contributed by atoms with E-state index in [1.165, 1.54) is 11.3 Å². The molecule has 3 rings (SSSR count). The molecular weight excluding hydrogens is 350 g/mol. The van der Waals surface area contributed by atoms with Crippen LogP contribution in [-0.2, 0) is 4.74 Å². The summed E-state index contributed by atoms with van der Waals surface area (Å²) in [5.74, 6) is -0.0907. The Kier molecular flexibility index (Phi) is 6.12. The summed E-state index contributed by atoms with van der Waals surface area (Å²) in [7, 11) is 0. The summed E-state index contributed by atoms with van der Waals surface area (Å²) in [4.78, 5) is 26.2. The van der Waals surface area contributed by atoms with E-state index in [-0.39, 0.29) is 12.0 Å². The summed E-state index contributed by atoms with van der Waals surface area (Å²) in [5, 5.41) is 8.27. The number of piperidine rings is 1. The predicted octanol–water partition coefficient (Wildman–Crippen LogP) is 4.03. The third kappa shape index (κ3) is 4.76. The fourth-order valence-electron chi connectivity index (χ4n) is 2.91. The van der Waals surface area contributed by atoms with Gasteiger partial charge in [-0.15, -0.1) is 11.3 Å². The van der Waals surface area contributed by atoms with Gasteiger partial charge in [-0.3, -0.25) is 4.79 Å². The number of carbonyl (C=O) groups is 2. The molecule has 0 atom stereocenters. The number of nitrogens with zero attached hydrogens (tertiary/aromatic N) is 1. The number of hydrogen-bond donors (Lipinski definition) is 2. The maximum Gasteiger partial charge on any atom is 0.409 e. The van der Waals surface area contributed by atoms with Crippen LogP contribution in [0.5, 0.6) is 0 Å². The molecule has 0 saturated carbocycles. The van der Waals surface area contributed by atoms with Gasteiger partial charge in [-0.05, 0) is 55.5 Å². The molecule has 138 valence electrons. The van der Waals surface area contributed by atoms with Crippen molar-refractivity contribution in [1.82, 2.24) is 4.90 Å². The van der Waals surface area contributed by atoms with E-state index in [9.17, 15) is 9.59 Å². The smallest absolute Gasteiger partial charge is 0.409 e. The van der Waals surface area contributed by atoms with Crippen molar-refractivity contribution in [3.05, 3.63) is 46.7 Å². The fraction of sp³-hybridized carbons (Fsp3) is 0.368. The number of hydrogen-bond acceptors (Lipinski definition) is 5. The zero-order chi connectivity index (χ0) is 18.4. The van der Waals surface area contributed by atoms with Crippen LogP contribution in [0, 0.1) is 0 Å². The first-order valence-corrected chi connectivity index (χ1v) is 9.67. The van der Waals surface area contributed by atoms with Crippen LogP contribution in [-0.4, -0.2) is 42.6 Å². The molecule has 1 aliphatic heterocycles. The highest BCUT2D eigenvalue weighted by molar-refractivity contribution is 7.12. The number of ether oxygens (including phenoxy) is 1. The molecule has 2 N–H and O–H groups in total. The van der Waals surface area contributed by atoms with Crippen LogP contribution in [0.15, 0.2) is 41.8 Å². The Morgan fingerprint density at radius 2 is 1.85 bits per heavy atom. The van der Waals surface area contributed by atoms with Crippen molar-refractivity contribution in [1.29, 1.82) is 0 Å². The van der Waals surface area contributed by atoms with Gasteiger partial charge in [-0.1, -0.05) is 6.07 Å². The second kappa shape index (κ2) is 8.71. The van der Waals surface area contributed by atoms with E-state index < -0.39 is 0 Å². The average Bonchev–Trinajstić information content (AvgIpc) is 3.19. The minimum absolute atomic E-state index is 0.0907. The molecule has 2 aromatic rings. The number of nitrogens with one attached hydrogen (secondary N) is 2. The molecule has 0 unspecified atom stereocenters. The highest BCUT2D eigenvalue weighted by Gasteiger charge is 2.23. The van der Waals surface area contributed by atoms with E-state index in [0.29, 0.717) is 30.6 Å². The van der Waals surface area contributed by atoms with Crippen molar-refractivity contribution in [2.24, 2.45) is 0 Å². The van der Waals surface area contributed by atoms with Crippen molar-refractivity contribution >= 4 is 34.7 Å². The monoisotopic (exact) mass is 373 g/mol. The van der Waals surface area contributed by atoms with Crippen molar-refractivity contribution in [3.8, 4) is 0 Å². The fourth-order valence-corrected chi connectivity index (χ4v) is 3.53. The Bertz CT molecular complexity index is 723. The van der Waals surface area contributed by atoms with Gasteiger partial charge in [0, 0.05) is 30.5 Å². The van der Waals surface area contributed by atoms with E-state index in [1.54, 1.807) is 11.0 Å². The standard InChI is InChI=1S/C19H23N3O3S/c1-2-25-19(24)22-11-9-16(10-12-22)20-14-5-7-15(8-6-14)21-18(23)17-4-3-13-26-17/h3-8,13,16,20H,2,9-12H2,1H3,(H,21,23). The third-order valence-electron chi connectivity index (χ3n) is 4.28. The number of benzene rings is 1. The van der Waals surface area contributed by atoms with Crippen molar-refractivity contribution in [2.45, 2.75) is 25.8 Å². The van der Waals surface area contributed by atoms with E-state index in [1.807, 2.05) is 42.6 Å². The van der Waals surface area contributed by atoms with Gasteiger partial charge in [0.25, 0.3) is 5.91 Å². The van der Waals surface area contributed by atoms with Crippen LogP contribution in [0.4, 0.5) is 16.2 Å². The summed E-state index contributed by atoms with van der Waals surface area (Å²) in [6.07, 6.45) is 1.54. The van der Waals surface area contributed by atoms with Crippen LogP contribution in [0.2, 0.25) is 0 Å². The Hall–Kier alpha value is -2.54. The highest BCUT2D eigenvalue weighted by Crippen LogP contribution is 2.20.